The smallest absolute Gasteiger partial charge is 0.246 e. The molecule has 3 rings (SSSR count). The number of rotatable bonds is 5. The van der Waals surface area contributed by atoms with Crippen LogP contribution in [0.1, 0.15) is 32.1 Å². The Kier molecular flexibility index (Phi) is 5.43. The molecule has 0 fully saturated rings. The number of fused-ring (bicyclic) bond motifs is 1. The zero-order valence-corrected chi connectivity index (χ0v) is 17.6. The van der Waals surface area contributed by atoms with Crippen molar-refractivity contribution in [3.63, 3.8) is 0 Å². The van der Waals surface area contributed by atoms with Crippen molar-refractivity contribution in [2.75, 3.05) is 7.05 Å². The molecule has 2 aromatic rings. The Morgan fingerprint density at radius 3 is 2.76 bits per heavy atom. The van der Waals surface area contributed by atoms with Crippen LogP contribution in [0.25, 0.3) is 11.0 Å². The molecule has 1 aliphatic heterocycles. The zero-order valence-electron chi connectivity index (χ0n) is 17.6. The second-order valence-corrected chi connectivity index (χ2v) is 8.27. The van der Waals surface area contributed by atoms with E-state index >= 15 is 0 Å². The van der Waals surface area contributed by atoms with E-state index < -0.39 is 11.3 Å². The van der Waals surface area contributed by atoms with Crippen LogP contribution >= 0.6 is 0 Å². The average molecular weight is 396 g/mol. The van der Waals surface area contributed by atoms with Gasteiger partial charge in [0, 0.05) is 42.4 Å². The first-order valence-corrected chi connectivity index (χ1v) is 9.61. The Balaban J connectivity index is 1.74. The quantitative estimate of drug-likeness (QED) is 0.677. The van der Waals surface area contributed by atoms with Gasteiger partial charge in [0.05, 0.1) is 5.60 Å². The van der Waals surface area contributed by atoms with E-state index in [1.54, 1.807) is 45.0 Å². The number of aryl methyl sites for hydroxylation is 1. The summed E-state index contributed by atoms with van der Waals surface area (Å²) in [5, 5.41) is 14.5. The minimum Gasteiger partial charge on any atom is -0.461 e. The second kappa shape index (κ2) is 7.54. The molecule has 1 aromatic heterocycles. The van der Waals surface area contributed by atoms with E-state index in [1.165, 1.54) is 6.08 Å². The number of allylic oxidation sites excluding steroid dienone is 3. The van der Waals surface area contributed by atoms with Crippen LogP contribution in [-0.2, 0) is 11.3 Å². The molecule has 29 heavy (non-hydrogen) atoms. The molecule has 1 unspecified atom stereocenters. The van der Waals surface area contributed by atoms with E-state index in [9.17, 15) is 9.90 Å². The van der Waals surface area contributed by atoms with Crippen LogP contribution < -0.4 is 11.1 Å². The number of hydrogen-bond donors (Lipinski definition) is 3. The molecule has 0 aliphatic carbocycles. The predicted molar refractivity (Wildman–Crippen MR) is 115 cm³/mol. The Morgan fingerprint density at radius 2 is 2.07 bits per heavy atom. The first kappa shape index (κ1) is 20.9. The van der Waals surface area contributed by atoms with E-state index in [1.807, 2.05) is 37.3 Å². The molecule has 0 saturated heterocycles. The number of hydrogen-bond acceptors (Lipinski definition) is 5. The van der Waals surface area contributed by atoms with E-state index in [0.717, 1.165) is 27.9 Å². The van der Waals surface area contributed by atoms with Crippen LogP contribution in [-0.4, -0.2) is 34.2 Å². The van der Waals surface area contributed by atoms with E-state index in [-0.39, 0.29) is 5.91 Å². The fourth-order valence-corrected chi connectivity index (χ4v) is 3.61. The van der Waals surface area contributed by atoms with E-state index in [4.69, 9.17) is 10.2 Å². The highest BCUT2D eigenvalue weighted by Gasteiger charge is 2.35. The SMILES string of the molecule is Cc1oc2ccccc2c1CN(C)C(=O)/C=C/C1=CNC(C)(N)C(C(C)(C)O)=C1. The van der Waals surface area contributed by atoms with Gasteiger partial charge in [-0.25, -0.2) is 0 Å². The average Bonchev–Trinajstić information content (AvgIpc) is 2.94. The summed E-state index contributed by atoms with van der Waals surface area (Å²) in [6.45, 7) is 7.54. The van der Waals surface area contributed by atoms with Gasteiger partial charge in [-0.3, -0.25) is 4.79 Å². The number of nitrogens with one attached hydrogen (secondary N) is 1. The number of benzene rings is 1. The van der Waals surface area contributed by atoms with Crippen LogP contribution in [0.5, 0.6) is 0 Å². The molecular formula is C23H29N3O3. The summed E-state index contributed by atoms with van der Waals surface area (Å²) in [5.41, 5.74) is 7.52. The third kappa shape index (κ3) is 4.44. The minimum atomic E-state index is -1.08. The fourth-order valence-electron chi connectivity index (χ4n) is 3.61. The summed E-state index contributed by atoms with van der Waals surface area (Å²) in [6.07, 6.45) is 6.79. The maximum atomic E-state index is 12.6. The molecule has 0 saturated carbocycles. The first-order valence-electron chi connectivity index (χ1n) is 9.61. The minimum absolute atomic E-state index is 0.130. The van der Waals surface area contributed by atoms with Crippen LogP contribution in [0.3, 0.4) is 0 Å². The van der Waals surface area contributed by atoms with Gasteiger partial charge in [0.15, 0.2) is 0 Å². The first-order chi connectivity index (χ1) is 13.5. The van der Waals surface area contributed by atoms with Gasteiger partial charge in [-0.05, 0) is 51.5 Å². The van der Waals surface area contributed by atoms with E-state index in [2.05, 4.69) is 5.32 Å². The lowest BCUT2D eigenvalue weighted by Crippen LogP contribution is -2.56. The van der Waals surface area contributed by atoms with Crippen molar-refractivity contribution in [1.29, 1.82) is 0 Å². The lowest BCUT2D eigenvalue weighted by Gasteiger charge is -2.38. The standard InChI is InChI=1S/C23H29N3O3/c1-15-18(17-8-6-7-9-19(17)29-15)14-26(5)21(27)11-10-16-12-20(22(2,3)28)23(4,24)25-13-16/h6-13,25,28H,14,24H2,1-5H3/b11-10+. The number of likely N-dealkylation sites (N-methyl/N-ethyl adjacent to an activating group) is 1. The third-order valence-electron chi connectivity index (χ3n) is 5.16. The van der Waals surface area contributed by atoms with Crippen molar-refractivity contribution in [2.24, 2.45) is 5.73 Å². The monoisotopic (exact) mass is 395 g/mol. The summed E-state index contributed by atoms with van der Waals surface area (Å²) in [6, 6.07) is 7.82. The second-order valence-electron chi connectivity index (χ2n) is 8.27. The largest absolute Gasteiger partial charge is 0.461 e. The van der Waals surface area contributed by atoms with Gasteiger partial charge in [0.2, 0.25) is 5.91 Å². The van der Waals surface area contributed by atoms with Gasteiger partial charge in [0.25, 0.3) is 0 Å². The molecule has 1 amide bonds. The van der Waals surface area contributed by atoms with Crippen molar-refractivity contribution >= 4 is 16.9 Å². The highest BCUT2D eigenvalue weighted by Crippen LogP contribution is 2.29. The van der Waals surface area contributed by atoms with Gasteiger partial charge in [-0.1, -0.05) is 18.2 Å². The van der Waals surface area contributed by atoms with Gasteiger partial charge in [-0.2, -0.15) is 0 Å². The number of amides is 1. The van der Waals surface area contributed by atoms with Crippen LogP contribution in [0, 0.1) is 6.92 Å². The predicted octanol–water partition coefficient (Wildman–Crippen LogP) is 3.12. The number of dihydropyridines is 1. The number of nitrogens with zero attached hydrogens (tertiary/aromatic N) is 1. The van der Waals surface area contributed by atoms with Crippen molar-refractivity contribution < 1.29 is 14.3 Å². The lowest BCUT2D eigenvalue weighted by atomic mass is 9.84. The normalized spacial score (nSPS) is 19.8. The number of aliphatic hydroxyl groups is 1. The Morgan fingerprint density at radius 1 is 1.38 bits per heavy atom. The summed E-state index contributed by atoms with van der Waals surface area (Å²) < 4.78 is 5.78. The molecule has 1 aliphatic rings. The fraction of sp³-hybridized carbons (Fsp3) is 0.348. The van der Waals surface area contributed by atoms with Crippen LogP contribution in [0.2, 0.25) is 0 Å². The molecule has 2 heterocycles. The number of para-hydroxylation sites is 1. The van der Waals surface area contributed by atoms with Crippen molar-refractivity contribution in [3.05, 3.63) is 71.2 Å². The van der Waals surface area contributed by atoms with Crippen LogP contribution in [0.4, 0.5) is 0 Å². The molecule has 0 spiro atoms. The Labute approximate surface area is 171 Å². The van der Waals surface area contributed by atoms with Gasteiger partial charge < -0.3 is 25.5 Å². The number of carbonyl (C=O) groups excluding carboxylic acids is 1. The zero-order chi connectivity index (χ0) is 21.4. The molecule has 1 aromatic carbocycles. The molecule has 154 valence electrons. The van der Waals surface area contributed by atoms with Crippen LogP contribution in [0.15, 0.2) is 64.3 Å². The maximum Gasteiger partial charge on any atom is 0.246 e. The summed E-state index contributed by atoms with van der Waals surface area (Å²) in [7, 11) is 1.76. The molecule has 0 radical (unpaired) electrons. The number of nitrogens with two attached hydrogens (primary N) is 1. The molecular weight excluding hydrogens is 366 g/mol. The van der Waals surface area contributed by atoms with Gasteiger partial charge in [0.1, 0.15) is 17.0 Å². The van der Waals surface area contributed by atoms with E-state index in [0.29, 0.717) is 12.1 Å². The molecule has 0 bridgehead atoms. The number of carbonyl (C=O) groups is 1. The molecule has 6 heteroatoms. The molecule has 4 N–H and O–H groups in total. The molecule has 6 nitrogen and oxygen atoms in total. The summed E-state index contributed by atoms with van der Waals surface area (Å²) in [4.78, 5) is 14.3. The Bertz CT molecular complexity index is 1020. The van der Waals surface area contributed by atoms with Crippen molar-refractivity contribution in [2.45, 2.75) is 45.5 Å². The third-order valence-corrected chi connectivity index (χ3v) is 5.16. The summed E-state index contributed by atoms with van der Waals surface area (Å²) >= 11 is 0. The lowest BCUT2D eigenvalue weighted by molar-refractivity contribution is -0.125. The van der Waals surface area contributed by atoms with Gasteiger partial charge >= 0.3 is 0 Å². The summed E-state index contributed by atoms with van der Waals surface area (Å²) in [5.74, 6) is 0.684. The topological polar surface area (TPSA) is 91.7 Å². The Hall–Kier alpha value is -2.83. The highest BCUT2D eigenvalue weighted by atomic mass is 16.3. The number of furan rings is 1. The van der Waals surface area contributed by atoms with Gasteiger partial charge in [-0.15, -0.1) is 0 Å². The molecule has 1 atom stereocenters. The maximum absolute atomic E-state index is 12.6. The van der Waals surface area contributed by atoms with Crippen molar-refractivity contribution in [3.8, 4) is 0 Å². The van der Waals surface area contributed by atoms with Crippen molar-refractivity contribution in [1.82, 2.24) is 10.2 Å². The highest BCUT2D eigenvalue weighted by molar-refractivity contribution is 5.89.